The third-order valence-electron chi connectivity index (χ3n) is 2.92. The topological polar surface area (TPSA) is 24.1 Å². The van der Waals surface area contributed by atoms with Gasteiger partial charge in [-0.25, -0.2) is 4.39 Å². The van der Waals surface area contributed by atoms with Crippen molar-refractivity contribution in [1.82, 2.24) is 5.32 Å². The molecule has 0 atom stereocenters. The number of nitrogens with one attached hydrogen (secondary N) is 2. The molecule has 0 aliphatic carbocycles. The summed E-state index contributed by atoms with van der Waals surface area (Å²) in [6, 6.07) is 12.4. The van der Waals surface area contributed by atoms with E-state index >= 15 is 0 Å². The molecule has 0 spiro atoms. The van der Waals surface area contributed by atoms with Crippen LogP contribution >= 0.6 is 51.5 Å². The molecule has 2 N–H and O–H groups in total. The van der Waals surface area contributed by atoms with Crippen LogP contribution in [0.3, 0.4) is 0 Å². The van der Waals surface area contributed by atoms with Crippen LogP contribution in [0.15, 0.2) is 46.9 Å². The smallest absolute Gasteiger partial charge is 0.170 e. The Morgan fingerprint density at radius 2 is 2.04 bits per heavy atom. The fourth-order valence-corrected chi connectivity index (χ4v) is 3.28. The van der Waals surface area contributed by atoms with E-state index in [1.54, 1.807) is 30.0 Å². The van der Waals surface area contributed by atoms with Crippen LogP contribution in [0.25, 0.3) is 0 Å². The molecular weight excluding hydrogens is 419 g/mol. The fourth-order valence-electron chi connectivity index (χ4n) is 1.78. The van der Waals surface area contributed by atoms with Crippen molar-refractivity contribution in [1.29, 1.82) is 0 Å². The van der Waals surface area contributed by atoms with Gasteiger partial charge >= 0.3 is 0 Å². The van der Waals surface area contributed by atoms with Gasteiger partial charge in [-0.2, -0.15) is 11.8 Å². The van der Waals surface area contributed by atoms with Crippen molar-refractivity contribution in [3.63, 3.8) is 0 Å². The van der Waals surface area contributed by atoms with Crippen LogP contribution in [0, 0.1) is 5.82 Å². The number of hydrogen-bond acceptors (Lipinski definition) is 2. The maximum Gasteiger partial charge on any atom is 0.170 e. The lowest BCUT2D eigenvalue weighted by Gasteiger charge is -2.11. The molecule has 0 radical (unpaired) electrons. The molecule has 0 unspecified atom stereocenters. The molecule has 0 aliphatic heterocycles. The van der Waals surface area contributed by atoms with Crippen LogP contribution in [0.1, 0.15) is 5.56 Å². The van der Waals surface area contributed by atoms with E-state index in [1.807, 2.05) is 18.2 Å². The lowest BCUT2D eigenvalue weighted by atomic mass is 10.2. The van der Waals surface area contributed by atoms with Crippen LogP contribution in [0.2, 0.25) is 5.02 Å². The number of hydrogen-bond donors (Lipinski definition) is 2. The Labute approximate surface area is 158 Å². The zero-order chi connectivity index (χ0) is 16.7. The minimum atomic E-state index is -0.155. The Hall–Kier alpha value is -0.820. The highest BCUT2D eigenvalue weighted by molar-refractivity contribution is 9.10. The van der Waals surface area contributed by atoms with Gasteiger partial charge in [0.05, 0.1) is 5.02 Å². The molecule has 0 saturated heterocycles. The average Bonchev–Trinajstić information content (AvgIpc) is 2.52. The third-order valence-corrected chi connectivity index (χ3v) is 5.41. The van der Waals surface area contributed by atoms with Gasteiger partial charge in [0.15, 0.2) is 5.11 Å². The molecule has 0 fully saturated rings. The van der Waals surface area contributed by atoms with Crippen LogP contribution in [-0.4, -0.2) is 17.4 Å². The van der Waals surface area contributed by atoms with Crippen LogP contribution in [0.5, 0.6) is 0 Å². The van der Waals surface area contributed by atoms with Crippen molar-refractivity contribution in [3.8, 4) is 0 Å². The predicted molar refractivity (Wildman–Crippen MR) is 106 cm³/mol. The first-order chi connectivity index (χ1) is 11.1. The van der Waals surface area contributed by atoms with Gasteiger partial charge in [-0.1, -0.05) is 29.8 Å². The average molecular weight is 434 g/mol. The molecule has 0 heterocycles. The van der Waals surface area contributed by atoms with E-state index < -0.39 is 0 Å². The largest absolute Gasteiger partial charge is 0.362 e. The number of halogens is 3. The van der Waals surface area contributed by atoms with Crippen molar-refractivity contribution < 1.29 is 4.39 Å². The number of thiocarbonyl (C=S) groups is 1. The van der Waals surface area contributed by atoms with Crippen molar-refractivity contribution >= 4 is 62.3 Å². The van der Waals surface area contributed by atoms with E-state index in [9.17, 15) is 4.39 Å². The minimum absolute atomic E-state index is 0.155. The highest BCUT2D eigenvalue weighted by Crippen LogP contribution is 2.25. The summed E-state index contributed by atoms with van der Waals surface area (Å²) in [6.07, 6.45) is 0. The van der Waals surface area contributed by atoms with Crippen LogP contribution in [0.4, 0.5) is 10.1 Å². The molecular formula is C16H15BrClFN2S2. The Balaban J connectivity index is 1.67. The van der Waals surface area contributed by atoms with Crippen LogP contribution in [-0.2, 0) is 5.75 Å². The van der Waals surface area contributed by atoms with Gasteiger partial charge in [0, 0.05) is 28.2 Å². The Kier molecular flexibility index (Phi) is 7.62. The minimum Gasteiger partial charge on any atom is -0.362 e. The van der Waals surface area contributed by atoms with Crippen LogP contribution < -0.4 is 10.6 Å². The van der Waals surface area contributed by atoms with Gasteiger partial charge < -0.3 is 10.6 Å². The first-order valence-electron chi connectivity index (χ1n) is 6.87. The van der Waals surface area contributed by atoms with Gasteiger partial charge in [0.2, 0.25) is 0 Å². The van der Waals surface area contributed by atoms with Crippen molar-refractivity contribution in [2.45, 2.75) is 5.75 Å². The monoisotopic (exact) mass is 432 g/mol. The normalized spacial score (nSPS) is 10.4. The van der Waals surface area contributed by atoms with E-state index in [2.05, 4.69) is 26.6 Å². The summed E-state index contributed by atoms with van der Waals surface area (Å²) in [5, 5.41) is 7.35. The first kappa shape index (κ1) is 18.5. The van der Waals surface area contributed by atoms with Gasteiger partial charge in [-0.15, -0.1) is 0 Å². The van der Waals surface area contributed by atoms with Gasteiger partial charge in [0.25, 0.3) is 0 Å². The standard InChI is InChI=1S/C16H15BrClFN2S2/c17-13-6-5-12(9-14(13)18)21-16(22)20-7-8-23-10-11-3-1-2-4-15(11)19/h1-6,9H,7-8,10H2,(H2,20,21,22). The second kappa shape index (κ2) is 9.47. The molecule has 2 aromatic rings. The Morgan fingerprint density at radius 3 is 2.78 bits per heavy atom. The second-order valence-corrected chi connectivity index (χ2v) is 7.43. The number of thioether (sulfide) groups is 1. The highest BCUT2D eigenvalue weighted by Gasteiger charge is 2.02. The Morgan fingerprint density at radius 1 is 1.26 bits per heavy atom. The molecule has 2 aromatic carbocycles. The summed E-state index contributed by atoms with van der Waals surface area (Å²) in [4.78, 5) is 0. The highest BCUT2D eigenvalue weighted by atomic mass is 79.9. The quantitative estimate of drug-likeness (QED) is 0.466. The van der Waals surface area contributed by atoms with Gasteiger partial charge in [0.1, 0.15) is 5.82 Å². The molecule has 7 heteroatoms. The molecule has 0 amide bonds. The molecule has 0 bridgehead atoms. The molecule has 0 saturated carbocycles. The molecule has 0 aliphatic rings. The Bertz CT molecular complexity index is 685. The zero-order valence-corrected chi connectivity index (χ0v) is 16.1. The molecule has 23 heavy (non-hydrogen) atoms. The summed E-state index contributed by atoms with van der Waals surface area (Å²) in [5.74, 6) is 1.32. The van der Waals surface area contributed by atoms with E-state index in [4.69, 9.17) is 23.8 Å². The fraction of sp³-hybridized carbons (Fsp3) is 0.188. The van der Waals surface area contributed by atoms with Crippen molar-refractivity contribution in [2.75, 3.05) is 17.6 Å². The maximum atomic E-state index is 13.5. The first-order valence-corrected chi connectivity index (χ1v) is 9.60. The predicted octanol–water partition coefficient (Wildman–Crippen LogP) is 5.46. The van der Waals surface area contributed by atoms with Crippen molar-refractivity contribution in [3.05, 3.63) is 63.3 Å². The number of rotatable bonds is 6. The number of benzene rings is 2. The lowest BCUT2D eigenvalue weighted by Crippen LogP contribution is -2.30. The summed E-state index contributed by atoms with van der Waals surface area (Å²) in [7, 11) is 0. The number of anilines is 1. The SMILES string of the molecule is Fc1ccccc1CSCCNC(=S)Nc1ccc(Br)c(Cl)c1. The third kappa shape index (κ3) is 6.30. The van der Waals surface area contributed by atoms with E-state index in [0.717, 1.165) is 21.5 Å². The molecule has 0 aromatic heterocycles. The van der Waals surface area contributed by atoms with E-state index in [0.29, 0.717) is 22.4 Å². The second-order valence-electron chi connectivity index (χ2n) is 4.65. The van der Waals surface area contributed by atoms with E-state index in [1.165, 1.54) is 6.07 Å². The summed E-state index contributed by atoms with van der Waals surface area (Å²) < 4.78 is 14.3. The van der Waals surface area contributed by atoms with Gasteiger partial charge in [-0.3, -0.25) is 0 Å². The maximum absolute atomic E-state index is 13.5. The zero-order valence-electron chi connectivity index (χ0n) is 12.1. The summed E-state index contributed by atoms with van der Waals surface area (Å²) >= 11 is 16.3. The van der Waals surface area contributed by atoms with E-state index in [-0.39, 0.29) is 5.82 Å². The lowest BCUT2D eigenvalue weighted by molar-refractivity contribution is 0.617. The van der Waals surface area contributed by atoms with Crippen molar-refractivity contribution in [2.24, 2.45) is 0 Å². The summed E-state index contributed by atoms with van der Waals surface area (Å²) in [5.41, 5.74) is 1.55. The van der Waals surface area contributed by atoms with Gasteiger partial charge in [-0.05, 0) is 58.0 Å². The summed E-state index contributed by atoms with van der Waals surface area (Å²) in [6.45, 7) is 0.704. The molecule has 2 nitrogen and oxygen atoms in total. The molecule has 2 rings (SSSR count). The molecule has 122 valence electrons.